The molecule has 1 nitrogen and oxygen atoms in total. The van der Waals surface area contributed by atoms with E-state index in [1.54, 1.807) is 0 Å². The zero-order valence-electron chi connectivity index (χ0n) is 12.2. The van der Waals surface area contributed by atoms with Gasteiger partial charge in [0.25, 0.3) is 0 Å². The molecule has 0 heterocycles. The summed E-state index contributed by atoms with van der Waals surface area (Å²) in [6, 6.07) is 16.4. The second kappa shape index (κ2) is 6.11. The Morgan fingerprint density at radius 1 is 1.00 bits per heavy atom. The summed E-state index contributed by atoms with van der Waals surface area (Å²) in [5, 5.41) is 10.7. The van der Waals surface area contributed by atoms with E-state index in [0.717, 1.165) is 15.6 Å². The van der Waals surface area contributed by atoms with Gasteiger partial charge in [-0.15, -0.1) is 0 Å². The smallest absolute Gasteiger partial charge is 0.0908 e. The van der Waals surface area contributed by atoms with Crippen molar-refractivity contribution in [3.8, 4) is 0 Å². The van der Waals surface area contributed by atoms with Crippen LogP contribution in [0.4, 0.5) is 0 Å². The van der Waals surface area contributed by atoms with Crippen LogP contribution in [0.2, 0.25) is 0 Å². The van der Waals surface area contributed by atoms with E-state index in [1.807, 2.05) is 31.2 Å². The molecule has 0 aromatic heterocycles. The van der Waals surface area contributed by atoms with Gasteiger partial charge in [0.2, 0.25) is 0 Å². The molecule has 0 fully saturated rings. The number of benzene rings is 2. The van der Waals surface area contributed by atoms with E-state index in [-0.39, 0.29) is 0 Å². The topological polar surface area (TPSA) is 20.2 Å². The van der Waals surface area contributed by atoms with Crippen LogP contribution < -0.4 is 0 Å². The van der Waals surface area contributed by atoms with Crippen molar-refractivity contribution in [1.29, 1.82) is 0 Å². The molecule has 0 aliphatic heterocycles. The van der Waals surface area contributed by atoms with Crippen molar-refractivity contribution in [3.63, 3.8) is 0 Å². The molecule has 1 N–H and O–H groups in total. The molecule has 0 spiro atoms. The Morgan fingerprint density at radius 2 is 1.55 bits per heavy atom. The largest absolute Gasteiger partial charge is 0.385 e. The highest BCUT2D eigenvalue weighted by atomic mass is 79.9. The average molecular weight is 333 g/mol. The molecule has 0 aliphatic rings. The third-order valence-corrected chi connectivity index (χ3v) is 4.19. The van der Waals surface area contributed by atoms with E-state index in [0.29, 0.717) is 12.3 Å². The van der Waals surface area contributed by atoms with E-state index in [1.165, 1.54) is 5.56 Å². The van der Waals surface area contributed by atoms with Crippen LogP contribution in [0.25, 0.3) is 0 Å². The quantitative estimate of drug-likeness (QED) is 0.833. The van der Waals surface area contributed by atoms with Crippen LogP contribution in [0.5, 0.6) is 0 Å². The van der Waals surface area contributed by atoms with Crippen LogP contribution in [0.15, 0.2) is 53.0 Å². The van der Waals surface area contributed by atoms with Crippen molar-refractivity contribution >= 4 is 15.9 Å². The van der Waals surface area contributed by atoms with E-state index in [2.05, 4.69) is 54.0 Å². The second-order valence-corrected chi connectivity index (χ2v) is 6.77. The normalized spacial score (nSPS) is 14.3. The fourth-order valence-corrected chi connectivity index (χ4v) is 2.59. The number of rotatable bonds is 4. The van der Waals surface area contributed by atoms with Gasteiger partial charge in [-0.25, -0.2) is 0 Å². The lowest BCUT2D eigenvalue weighted by Crippen LogP contribution is -2.24. The highest BCUT2D eigenvalue weighted by Gasteiger charge is 2.23. The third-order valence-electron chi connectivity index (χ3n) is 3.66. The number of halogens is 1. The van der Waals surface area contributed by atoms with E-state index in [4.69, 9.17) is 0 Å². The zero-order valence-corrected chi connectivity index (χ0v) is 13.8. The molecule has 0 saturated carbocycles. The molecular formula is C18H21BrO. The van der Waals surface area contributed by atoms with Gasteiger partial charge >= 0.3 is 0 Å². The van der Waals surface area contributed by atoms with E-state index >= 15 is 0 Å². The average Bonchev–Trinajstić information content (AvgIpc) is 2.39. The minimum atomic E-state index is -0.847. The number of aliphatic hydroxyl groups is 1. The van der Waals surface area contributed by atoms with Crippen LogP contribution in [-0.4, -0.2) is 5.11 Å². The summed E-state index contributed by atoms with van der Waals surface area (Å²) in [6.07, 6.45) is 0.618. The molecule has 1 unspecified atom stereocenters. The summed E-state index contributed by atoms with van der Waals surface area (Å²) in [6.45, 7) is 6.24. The van der Waals surface area contributed by atoms with E-state index in [9.17, 15) is 5.11 Å². The highest BCUT2D eigenvalue weighted by Crippen LogP contribution is 2.27. The third kappa shape index (κ3) is 3.71. The Bertz CT molecular complexity index is 553. The van der Waals surface area contributed by atoms with Gasteiger partial charge < -0.3 is 5.11 Å². The van der Waals surface area contributed by atoms with Gasteiger partial charge in [0.15, 0.2) is 0 Å². The Kier molecular flexibility index (Phi) is 4.66. The molecule has 2 heteroatoms. The molecule has 1 atom stereocenters. The Labute approximate surface area is 129 Å². The highest BCUT2D eigenvalue weighted by molar-refractivity contribution is 9.10. The molecule has 2 rings (SSSR count). The van der Waals surface area contributed by atoms with Crippen molar-refractivity contribution in [2.75, 3.05) is 0 Å². The molecule has 20 heavy (non-hydrogen) atoms. The molecular weight excluding hydrogens is 312 g/mol. The first-order valence-electron chi connectivity index (χ1n) is 6.96. The molecule has 2 aromatic rings. The fraction of sp³-hybridized carbons (Fsp3) is 0.333. The van der Waals surface area contributed by atoms with Crippen molar-refractivity contribution < 1.29 is 5.11 Å². The van der Waals surface area contributed by atoms with Crippen molar-refractivity contribution in [1.82, 2.24) is 0 Å². The zero-order chi connectivity index (χ0) is 14.8. The van der Waals surface area contributed by atoms with Gasteiger partial charge in [-0.05, 0) is 41.7 Å². The van der Waals surface area contributed by atoms with Gasteiger partial charge in [0.1, 0.15) is 0 Å². The maximum atomic E-state index is 10.7. The second-order valence-electron chi connectivity index (χ2n) is 5.85. The number of hydrogen-bond donors (Lipinski definition) is 1. The summed E-state index contributed by atoms with van der Waals surface area (Å²) in [4.78, 5) is 0. The van der Waals surface area contributed by atoms with Crippen LogP contribution in [0, 0.1) is 0 Å². The Hall–Kier alpha value is -1.12. The SMILES string of the molecule is CC(C)c1ccc(CC(C)(O)c2ccc(Br)cc2)cc1. The standard InChI is InChI=1S/C18H21BrO/c1-13(2)15-6-4-14(5-7-15)12-18(3,20)16-8-10-17(19)11-9-16/h4-11,13,20H,12H2,1-3H3. The summed E-state index contributed by atoms with van der Waals surface area (Å²) in [5.74, 6) is 0.538. The molecule has 0 bridgehead atoms. The number of hydrogen-bond acceptors (Lipinski definition) is 1. The van der Waals surface area contributed by atoms with Crippen molar-refractivity contribution in [3.05, 3.63) is 69.7 Å². The molecule has 0 saturated heterocycles. The lowest BCUT2D eigenvalue weighted by Gasteiger charge is -2.24. The Balaban J connectivity index is 2.17. The summed E-state index contributed by atoms with van der Waals surface area (Å²) < 4.78 is 1.03. The summed E-state index contributed by atoms with van der Waals surface area (Å²) in [7, 11) is 0. The molecule has 0 radical (unpaired) electrons. The summed E-state index contributed by atoms with van der Waals surface area (Å²) in [5.41, 5.74) is 2.58. The summed E-state index contributed by atoms with van der Waals surface area (Å²) >= 11 is 3.42. The van der Waals surface area contributed by atoms with Crippen LogP contribution >= 0.6 is 15.9 Å². The monoisotopic (exact) mass is 332 g/mol. The minimum absolute atomic E-state index is 0.538. The van der Waals surface area contributed by atoms with Gasteiger partial charge in [-0.3, -0.25) is 0 Å². The predicted octanol–water partition coefficient (Wildman–Crippen LogP) is 5.02. The molecule has 0 amide bonds. The lowest BCUT2D eigenvalue weighted by molar-refractivity contribution is 0.0576. The van der Waals surface area contributed by atoms with Gasteiger partial charge in [-0.1, -0.05) is 66.2 Å². The van der Waals surface area contributed by atoms with Crippen LogP contribution in [-0.2, 0) is 12.0 Å². The van der Waals surface area contributed by atoms with Crippen molar-refractivity contribution in [2.45, 2.75) is 38.7 Å². The van der Waals surface area contributed by atoms with E-state index < -0.39 is 5.60 Å². The van der Waals surface area contributed by atoms with Gasteiger partial charge in [-0.2, -0.15) is 0 Å². The first kappa shape index (κ1) is 15.3. The molecule has 2 aromatic carbocycles. The van der Waals surface area contributed by atoms with Crippen molar-refractivity contribution in [2.24, 2.45) is 0 Å². The molecule has 106 valence electrons. The first-order valence-corrected chi connectivity index (χ1v) is 7.75. The van der Waals surface area contributed by atoms with Crippen LogP contribution in [0.1, 0.15) is 43.4 Å². The van der Waals surface area contributed by atoms with Crippen LogP contribution in [0.3, 0.4) is 0 Å². The Morgan fingerprint density at radius 3 is 2.05 bits per heavy atom. The maximum Gasteiger partial charge on any atom is 0.0908 e. The first-order chi connectivity index (χ1) is 9.38. The maximum absolute atomic E-state index is 10.7. The van der Waals surface area contributed by atoms with Gasteiger partial charge in [0, 0.05) is 10.9 Å². The van der Waals surface area contributed by atoms with Gasteiger partial charge in [0.05, 0.1) is 5.60 Å². The lowest BCUT2D eigenvalue weighted by atomic mass is 9.88. The molecule has 0 aliphatic carbocycles. The minimum Gasteiger partial charge on any atom is -0.385 e. The fourth-order valence-electron chi connectivity index (χ4n) is 2.33. The predicted molar refractivity (Wildman–Crippen MR) is 87.9 cm³/mol.